The molecule has 1 aliphatic heterocycles. The van der Waals surface area contributed by atoms with E-state index in [9.17, 15) is 9.59 Å². The number of likely N-dealkylation sites (tertiary alicyclic amines) is 1. The maximum absolute atomic E-state index is 13.0. The molecule has 0 radical (unpaired) electrons. The Morgan fingerprint density at radius 3 is 2.61 bits per heavy atom. The van der Waals surface area contributed by atoms with E-state index in [1.54, 1.807) is 25.3 Å². The second kappa shape index (κ2) is 9.19. The van der Waals surface area contributed by atoms with Crippen LogP contribution in [0.4, 0.5) is 4.79 Å². The van der Waals surface area contributed by atoms with Gasteiger partial charge in [0.05, 0.1) is 32.8 Å². The van der Waals surface area contributed by atoms with E-state index in [1.807, 2.05) is 20.8 Å². The Morgan fingerprint density at radius 1 is 1.32 bits per heavy atom. The van der Waals surface area contributed by atoms with E-state index in [0.717, 1.165) is 9.88 Å². The molecule has 8 nitrogen and oxygen atoms in total. The van der Waals surface area contributed by atoms with Crippen molar-refractivity contribution in [3.05, 3.63) is 16.1 Å². The van der Waals surface area contributed by atoms with Gasteiger partial charge in [0.15, 0.2) is 0 Å². The van der Waals surface area contributed by atoms with Gasteiger partial charge in [0.25, 0.3) is 0 Å². The van der Waals surface area contributed by atoms with Crippen molar-refractivity contribution in [1.29, 1.82) is 0 Å². The van der Waals surface area contributed by atoms with Crippen molar-refractivity contribution < 1.29 is 28.5 Å². The van der Waals surface area contributed by atoms with E-state index in [2.05, 4.69) is 4.98 Å². The quantitative estimate of drug-likeness (QED) is 0.634. The minimum Gasteiger partial charge on any atom is -0.469 e. The number of aromatic nitrogens is 1. The van der Waals surface area contributed by atoms with Gasteiger partial charge in [-0.15, -0.1) is 11.3 Å². The molecule has 1 aliphatic rings. The zero-order chi connectivity index (χ0) is 20.9. The smallest absolute Gasteiger partial charge is 0.411 e. The Kier molecular flexibility index (Phi) is 7.41. The zero-order valence-electron chi connectivity index (χ0n) is 17.4. The topological polar surface area (TPSA) is 87.2 Å². The minimum atomic E-state index is -0.772. The van der Waals surface area contributed by atoms with Crippen LogP contribution in [0.1, 0.15) is 43.5 Å². The molecule has 1 amide bonds. The molecule has 1 saturated heterocycles. The predicted octanol–water partition coefficient (Wildman–Crippen LogP) is 2.75. The van der Waals surface area contributed by atoms with E-state index >= 15 is 0 Å². The van der Waals surface area contributed by atoms with Crippen LogP contribution in [-0.4, -0.2) is 68.1 Å². The van der Waals surface area contributed by atoms with Crippen LogP contribution in [0.25, 0.3) is 0 Å². The van der Waals surface area contributed by atoms with Gasteiger partial charge in [-0.25, -0.2) is 9.78 Å². The van der Waals surface area contributed by atoms with Gasteiger partial charge >= 0.3 is 12.1 Å². The maximum Gasteiger partial charge on any atom is 0.411 e. The fraction of sp³-hybridized carbons (Fsp3) is 0.737. The molecule has 0 saturated carbocycles. The Hall–Kier alpha value is -1.71. The third-order valence-corrected chi connectivity index (χ3v) is 5.80. The van der Waals surface area contributed by atoms with Gasteiger partial charge < -0.3 is 18.9 Å². The van der Waals surface area contributed by atoms with Crippen LogP contribution in [0.15, 0.2) is 6.20 Å². The molecule has 0 bridgehead atoms. The number of methoxy groups -OCH3 is 3. The van der Waals surface area contributed by atoms with Crippen LogP contribution < -0.4 is 0 Å². The van der Waals surface area contributed by atoms with E-state index < -0.39 is 17.2 Å². The molecule has 0 spiro atoms. The van der Waals surface area contributed by atoms with Gasteiger partial charge in [0.1, 0.15) is 16.1 Å². The molecule has 2 rings (SSSR count). The summed E-state index contributed by atoms with van der Waals surface area (Å²) in [6.07, 6.45) is 2.55. The number of esters is 1. The van der Waals surface area contributed by atoms with Crippen molar-refractivity contribution in [2.45, 2.75) is 57.3 Å². The summed E-state index contributed by atoms with van der Waals surface area (Å²) in [7, 11) is 4.60. The van der Waals surface area contributed by atoms with E-state index in [4.69, 9.17) is 18.9 Å². The first kappa shape index (κ1) is 22.6. The molecule has 28 heavy (non-hydrogen) atoms. The summed E-state index contributed by atoms with van der Waals surface area (Å²) in [6.45, 7) is 6.17. The summed E-state index contributed by atoms with van der Waals surface area (Å²) in [4.78, 5) is 31.6. The summed E-state index contributed by atoms with van der Waals surface area (Å²) in [5.41, 5.74) is -1.39. The third-order valence-electron chi connectivity index (χ3n) is 4.55. The summed E-state index contributed by atoms with van der Waals surface area (Å²) >= 11 is 1.47. The lowest BCUT2D eigenvalue weighted by atomic mass is 9.97. The summed E-state index contributed by atoms with van der Waals surface area (Å²) in [5, 5.41) is 0.750. The van der Waals surface area contributed by atoms with Crippen LogP contribution in [0.5, 0.6) is 0 Å². The van der Waals surface area contributed by atoms with Crippen molar-refractivity contribution in [2.75, 3.05) is 34.5 Å². The van der Waals surface area contributed by atoms with Gasteiger partial charge in [-0.1, -0.05) is 0 Å². The highest BCUT2D eigenvalue weighted by atomic mass is 32.1. The standard InChI is InChI=1S/C19H30N2O6S/c1-18(2,3)27-17(23)21-11-13(25-5)9-19(21,12-24-4)16-20-10-14(28-16)7-8-15(22)26-6/h10,13H,7-9,11-12H2,1-6H3/t13-,19-/m0/s1. The molecule has 1 aromatic rings. The number of aryl methyl sites for hydroxylation is 1. The molecule has 1 fully saturated rings. The number of thiazole rings is 1. The van der Waals surface area contributed by atoms with Crippen LogP contribution in [0.3, 0.4) is 0 Å². The molecule has 1 aromatic heterocycles. The Balaban J connectivity index is 2.33. The lowest BCUT2D eigenvalue weighted by Gasteiger charge is -2.36. The number of nitrogens with zero attached hydrogens (tertiary/aromatic N) is 2. The minimum absolute atomic E-state index is 0.148. The van der Waals surface area contributed by atoms with E-state index in [0.29, 0.717) is 19.4 Å². The van der Waals surface area contributed by atoms with Gasteiger partial charge in [-0.05, 0) is 27.2 Å². The maximum atomic E-state index is 13.0. The van der Waals surface area contributed by atoms with Crippen molar-refractivity contribution in [1.82, 2.24) is 9.88 Å². The van der Waals surface area contributed by atoms with Crippen molar-refractivity contribution in [3.63, 3.8) is 0 Å². The average molecular weight is 415 g/mol. The van der Waals surface area contributed by atoms with Gasteiger partial charge in [0.2, 0.25) is 0 Å². The molecule has 0 aromatic carbocycles. The van der Waals surface area contributed by atoms with Gasteiger partial charge in [0, 0.05) is 31.7 Å². The number of carbonyl (C=O) groups is 2. The molecule has 0 aliphatic carbocycles. The van der Waals surface area contributed by atoms with Gasteiger partial charge in [-0.2, -0.15) is 0 Å². The summed E-state index contributed by atoms with van der Waals surface area (Å²) < 4.78 is 21.4. The number of hydrogen-bond donors (Lipinski definition) is 0. The van der Waals surface area contributed by atoms with Crippen LogP contribution >= 0.6 is 11.3 Å². The molecular weight excluding hydrogens is 384 g/mol. The lowest BCUT2D eigenvalue weighted by Crippen LogP contribution is -2.49. The second-order valence-corrected chi connectivity index (χ2v) is 8.94. The predicted molar refractivity (Wildman–Crippen MR) is 104 cm³/mol. The molecule has 158 valence electrons. The lowest BCUT2D eigenvalue weighted by molar-refractivity contribution is -0.140. The first-order valence-corrected chi connectivity index (χ1v) is 10.0. The van der Waals surface area contributed by atoms with Crippen LogP contribution in [0.2, 0.25) is 0 Å². The molecule has 2 atom stereocenters. The summed E-state index contributed by atoms with van der Waals surface area (Å²) in [5.74, 6) is -0.266. The molecule has 2 heterocycles. The molecule has 9 heteroatoms. The van der Waals surface area contributed by atoms with E-state index in [-0.39, 0.29) is 25.1 Å². The number of ether oxygens (including phenoxy) is 4. The first-order valence-electron chi connectivity index (χ1n) is 9.19. The molecule has 0 unspecified atom stereocenters. The fourth-order valence-electron chi connectivity index (χ4n) is 3.26. The van der Waals surface area contributed by atoms with Crippen molar-refractivity contribution in [2.24, 2.45) is 0 Å². The highest BCUT2D eigenvalue weighted by Crippen LogP contribution is 2.43. The SMILES string of the molecule is COC[C@]1(c2ncc(CCC(=O)OC)s2)C[C@H](OC)CN1C(=O)OC(C)(C)C. The Morgan fingerprint density at radius 2 is 2.04 bits per heavy atom. The monoisotopic (exact) mass is 414 g/mol. The number of hydrogen-bond acceptors (Lipinski definition) is 8. The van der Waals surface area contributed by atoms with Crippen LogP contribution in [-0.2, 0) is 35.7 Å². The normalized spacial score (nSPS) is 22.4. The fourth-order valence-corrected chi connectivity index (χ4v) is 4.37. The van der Waals surface area contributed by atoms with Gasteiger partial charge in [-0.3, -0.25) is 9.69 Å². The second-order valence-electron chi connectivity index (χ2n) is 7.83. The zero-order valence-corrected chi connectivity index (χ0v) is 18.3. The number of carbonyl (C=O) groups excluding carboxylic acids is 2. The average Bonchev–Trinajstić information content (AvgIpc) is 3.24. The van der Waals surface area contributed by atoms with Crippen molar-refractivity contribution >= 4 is 23.4 Å². The molecular formula is C19H30N2O6S. The summed E-state index contributed by atoms with van der Waals surface area (Å²) in [6, 6.07) is 0. The molecule has 0 N–H and O–H groups in total. The number of amides is 1. The highest BCUT2D eigenvalue weighted by molar-refractivity contribution is 7.11. The first-order chi connectivity index (χ1) is 13.1. The third kappa shape index (κ3) is 5.21. The van der Waals surface area contributed by atoms with Crippen molar-refractivity contribution in [3.8, 4) is 0 Å². The Bertz CT molecular complexity index is 686. The number of rotatable bonds is 7. The van der Waals surface area contributed by atoms with E-state index in [1.165, 1.54) is 18.4 Å². The Labute approximate surface area is 170 Å². The highest BCUT2D eigenvalue weighted by Gasteiger charge is 2.52. The van der Waals surface area contributed by atoms with Crippen LogP contribution in [0, 0.1) is 0 Å². The largest absolute Gasteiger partial charge is 0.469 e.